The molecular weight excluding hydrogens is 269 g/mol. The Morgan fingerprint density at radius 1 is 1.42 bits per heavy atom. The molecule has 0 aromatic heterocycles. The quantitative estimate of drug-likeness (QED) is 0.303. The van der Waals surface area contributed by atoms with Crippen LogP contribution in [0.1, 0.15) is 0 Å². The van der Waals surface area contributed by atoms with Gasteiger partial charge in [-0.05, 0) is 34.7 Å². The predicted molar refractivity (Wildman–Crippen MR) is 55.5 cm³/mol. The smallest absolute Gasteiger partial charge is 0.205 e. The molecule has 3 nitrogen and oxygen atoms in total. The van der Waals surface area contributed by atoms with E-state index in [1.807, 2.05) is 52.9 Å². The predicted octanol–water partition coefficient (Wildman–Crippen LogP) is 2.25. The summed E-state index contributed by atoms with van der Waals surface area (Å²) in [5.74, 6) is 0. The van der Waals surface area contributed by atoms with Gasteiger partial charge < -0.3 is 4.74 Å². The van der Waals surface area contributed by atoms with E-state index in [0.29, 0.717) is 0 Å². The van der Waals surface area contributed by atoms with Crippen LogP contribution in [0.15, 0.2) is 30.3 Å². The Labute approximate surface area is 85.0 Å². The van der Waals surface area contributed by atoms with Crippen molar-refractivity contribution in [2.24, 2.45) is 0 Å². The SMILES string of the molecule is COC(I)N(O)c1ccccc1. The summed E-state index contributed by atoms with van der Waals surface area (Å²) in [7, 11) is 1.54. The van der Waals surface area contributed by atoms with Crippen molar-refractivity contribution in [3.05, 3.63) is 30.3 Å². The topological polar surface area (TPSA) is 32.7 Å². The van der Waals surface area contributed by atoms with Crippen LogP contribution in [0.25, 0.3) is 0 Å². The van der Waals surface area contributed by atoms with Crippen LogP contribution in [-0.4, -0.2) is 16.6 Å². The van der Waals surface area contributed by atoms with Crippen molar-refractivity contribution >= 4 is 28.3 Å². The normalized spacial score (nSPS) is 12.6. The molecule has 0 saturated heterocycles. The third-order valence-electron chi connectivity index (χ3n) is 1.41. The van der Waals surface area contributed by atoms with E-state index >= 15 is 0 Å². The molecular formula is C8H10INO2. The fraction of sp³-hybridized carbons (Fsp3) is 0.250. The number of methoxy groups -OCH3 is 1. The molecule has 12 heavy (non-hydrogen) atoms. The van der Waals surface area contributed by atoms with Gasteiger partial charge in [-0.2, -0.15) is 0 Å². The third kappa shape index (κ3) is 2.33. The van der Waals surface area contributed by atoms with Crippen LogP contribution in [0.2, 0.25) is 0 Å². The van der Waals surface area contributed by atoms with E-state index in [4.69, 9.17) is 4.74 Å². The molecule has 0 heterocycles. The lowest BCUT2D eigenvalue weighted by atomic mass is 10.3. The van der Waals surface area contributed by atoms with Gasteiger partial charge in [0.1, 0.15) is 0 Å². The summed E-state index contributed by atoms with van der Waals surface area (Å²) in [6, 6.07) is 9.23. The van der Waals surface area contributed by atoms with Crippen molar-refractivity contribution in [1.82, 2.24) is 0 Å². The number of alkyl halides is 1. The van der Waals surface area contributed by atoms with Gasteiger partial charge in [0.2, 0.25) is 4.23 Å². The van der Waals surface area contributed by atoms with E-state index in [0.717, 1.165) is 10.8 Å². The molecule has 0 aliphatic rings. The molecule has 0 radical (unpaired) electrons. The van der Waals surface area contributed by atoms with Crippen LogP contribution in [0.4, 0.5) is 5.69 Å². The Morgan fingerprint density at radius 3 is 2.50 bits per heavy atom. The first-order chi connectivity index (χ1) is 5.75. The Kier molecular flexibility index (Phi) is 3.77. The van der Waals surface area contributed by atoms with E-state index in [1.54, 1.807) is 7.11 Å². The van der Waals surface area contributed by atoms with Crippen molar-refractivity contribution in [2.75, 3.05) is 12.2 Å². The van der Waals surface area contributed by atoms with Crippen molar-refractivity contribution in [3.63, 3.8) is 0 Å². The minimum Gasteiger partial charge on any atom is -0.351 e. The number of nitrogens with zero attached hydrogens (tertiary/aromatic N) is 1. The lowest BCUT2D eigenvalue weighted by Crippen LogP contribution is -2.28. The molecule has 1 aromatic carbocycles. The first-order valence-electron chi connectivity index (χ1n) is 3.45. The van der Waals surface area contributed by atoms with Gasteiger partial charge in [0.15, 0.2) is 0 Å². The van der Waals surface area contributed by atoms with Crippen molar-refractivity contribution < 1.29 is 9.94 Å². The van der Waals surface area contributed by atoms with E-state index in [-0.39, 0.29) is 4.23 Å². The molecule has 0 fully saturated rings. The van der Waals surface area contributed by atoms with Crippen molar-refractivity contribution in [3.8, 4) is 0 Å². The summed E-state index contributed by atoms with van der Waals surface area (Å²) >= 11 is 1.99. The molecule has 4 heteroatoms. The fourth-order valence-corrected chi connectivity index (χ4v) is 1.12. The Bertz CT molecular complexity index is 230. The Balaban J connectivity index is 2.71. The largest absolute Gasteiger partial charge is 0.351 e. The van der Waals surface area contributed by atoms with E-state index in [9.17, 15) is 5.21 Å². The Hall–Kier alpha value is -0.330. The number of anilines is 1. The maximum absolute atomic E-state index is 9.49. The average Bonchev–Trinajstić information content (AvgIpc) is 2.17. The number of hydrogen-bond acceptors (Lipinski definition) is 3. The van der Waals surface area contributed by atoms with Crippen LogP contribution in [0.3, 0.4) is 0 Å². The zero-order valence-corrected chi connectivity index (χ0v) is 8.80. The number of rotatable bonds is 3. The van der Waals surface area contributed by atoms with Gasteiger partial charge in [-0.1, -0.05) is 18.2 Å². The number of para-hydroxylation sites is 1. The number of hydroxylamine groups is 1. The number of halogens is 1. The highest BCUT2D eigenvalue weighted by atomic mass is 127. The highest BCUT2D eigenvalue weighted by Gasteiger charge is 2.10. The van der Waals surface area contributed by atoms with Gasteiger partial charge in [-0.3, -0.25) is 5.21 Å². The van der Waals surface area contributed by atoms with Crippen LogP contribution in [0, 0.1) is 0 Å². The van der Waals surface area contributed by atoms with Gasteiger partial charge in [0.25, 0.3) is 0 Å². The molecule has 0 saturated carbocycles. The second-order valence-corrected chi connectivity index (χ2v) is 3.27. The molecule has 1 unspecified atom stereocenters. The van der Waals surface area contributed by atoms with Gasteiger partial charge in [-0.15, -0.1) is 0 Å². The molecule has 0 spiro atoms. The number of hydrogen-bond donors (Lipinski definition) is 1. The lowest BCUT2D eigenvalue weighted by molar-refractivity contribution is 0.0954. The van der Waals surface area contributed by atoms with Crippen LogP contribution in [0.5, 0.6) is 0 Å². The third-order valence-corrected chi connectivity index (χ3v) is 2.44. The van der Waals surface area contributed by atoms with Crippen molar-refractivity contribution in [1.29, 1.82) is 0 Å². The maximum atomic E-state index is 9.49. The van der Waals surface area contributed by atoms with Gasteiger partial charge in [0, 0.05) is 7.11 Å². The average molecular weight is 279 g/mol. The standard InChI is InChI=1S/C8H10INO2/c1-12-8(9)10(11)7-5-3-2-4-6-7/h2-6,8,11H,1H3. The maximum Gasteiger partial charge on any atom is 0.205 e. The summed E-state index contributed by atoms with van der Waals surface area (Å²) in [6.07, 6.45) is 0. The summed E-state index contributed by atoms with van der Waals surface area (Å²) in [5.41, 5.74) is 0.721. The van der Waals surface area contributed by atoms with Crippen LogP contribution < -0.4 is 5.06 Å². The zero-order valence-electron chi connectivity index (χ0n) is 6.64. The van der Waals surface area contributed by atoms with E-state index in [1.165, 1.54) is 0 Å². The molecule has 1 rings (SSSR count). The Morgan fingerprint density at radius 2 is 2.00 bits per heavy atom. The fourth-order valence-electron chi connectivity index (χ4n) is 0.798. The second kappa shape index (κ2) is 4.64. The monoisotopic (exact) mass is 279 g/mol. The van der Waals surface area contributed by atoms with Gasteiger partial charge >= 0.3 is 0 Å². The molecule has 1 N–H and O–H groups in total. The lowest BCUT2D eigenvalue weighted by Gasteiger charge is -2.21. The second-order valence-electron chi connectivity index (χ2n) is 2.21. The molecule has 1 atom stereocenters. The van der Waals surface area contributed by atoms with Crippen molar-refractivity contribution in [2.45, 2.75) is 4.23 Å². The first-order valence-corrected chi connectivity index (χ1v) is 4.70. The summed E-state index contributed by atoms with van der Waals surface area (Å²) in [6.45, 7) is 0. The summed E-state index contributed by atoms with van der Waals surface area (Å²) in [4.78, 5) is 0. The van der Waals surface area contributed by atoms with Crippen LogP contribution in [-0.2, 0) is 4.74 Å². The summed E-state index contributed by atoms with van der Waals surface area (Å²) in [5, 5.41) is 10.6. The van der Waals surface area contributed by atoms with E-state index in [2.05, 4.69) is 0 Å². The zero-order chi connectivity index (χ0) is 8.97. The minimum absolute atomic E-state index is 0.356. The minimum atomic E-state index is -0.356. The highest BCUT2D eigenvalue weighted by Crippen LogP contribution is 2.17. The molecule has 0 bridgehead atoms. The number of benzene rings is 1. The van der Waals surface area contributed by atoms with Gasteiger partial charge in [0.05, 0.1) is 5.69 Å². The molecule has 1 aromatic rings. The van der Waals surface area contributed by atoms with E-state index < -0.39 is 0 Å². The molecule has 0 amide bonds. The van der Waals surface area contributed by atoms with Crippen LogP contribution >= 0.6 is 22.6 Å². The summed E-state index contributed by atoms with van der Waals surface area (Å²) < 4.78 is 4.57. The molecule has 66 valence electrons. The first kappa shape index (κ1) is 9.76. The van der Waals surface area contributed by atoms with Gasteiger partial charge in [-0.25, -0.2) is 5.06 Å². The number of ether oxygens (including phenoxy) is 1. The highest BCUT2D eigenvalue weighted by molar-refractivity contribution is 14.1. The molecule has 0 aliphatic heterocycles. The molecule has 0 aliphatic carbocycles.